The number of nitrogens with zero attached hydrogens (tertiary/aromatic N) is 2. The van der Waals surface area contributed by atoms with Crippen LogP contribution in [-0.4, -0.2) is 15.8 Å². The maximum absolute atomic E-state index is 4.34. The summed E-state index contributed by atoms with van der Waals surface area (Å²) in [7, 11) is 2.02. The highest BCUT2D eigenvalue weighted by Crippen LogP contribution is 2.45. The van der Waals surface area contributed by atoms with Gasteiger partial charge in [-0.05, 0) is 44.9 Å². The summed E-state index contributed by atoms with van der Waals surface area (Å²) in [6, 6.07) is 1.19. The van der Waals surface area contributed by atoms with Crippen LogP contribution in [0, 0.1) is 18.8 Å². The molecule has 94 valence electrons. The SMILES string of the molecule is Cc1c(C(C)NC2CC3CCC2C3)cnn1C. The van der Waals surface area contributed by atoms with Crippen molar-refractivity contribution < 1.29 is 0 Å². The summed E-state index contributed by atoms with van der Waals surface area (Å²) in [5, 5.41) is 8.16. The van der Waals surface area contributed by atoms with Crippen LogP contribution in [0.25, 0.3) is 0 Å². The van der Waals surface area contributed by atoms with Crippen LogP contribution in [0.3, 0.4) is 0 Å². The number of aromatic nitrogens is 2. The lowest BCUT2D eigenvalue weighted by Gasteiger charge is -2.26. The molecule has 1 aromatic heterocycles. The standard InChI is InChI=1S/C14H23N3/c1-9(13-8-15-17(3)10(13)2)16-14-7-11-4-5-12(14)6-11/h8-9,11-12,14,16H,4-7H2,1-3H3. The molecule has 3 heteroatoms. The van der Waals surface area contributed by atoms with Crippen LogP contribution in [0.5, 0.6) is 0 Å². The third kappa shape index (κ3) is 1.90. The second-order valence-corrected chi connectivity index (χ2v) is 5.98. The van der Waals surface area contributed by atoms with Gasteiger partial charge in [0.25, 0.3) is 0 Å². The van der Waals surface area contributed by atoms with Gasteiger partial charge >= 0.3 is 0 Å². The Labute approximate surface area is 104 Å². The summed E-state index contributed by atoms with van der Waals surface area (Å²) < 4.78 is 1.97. The molecule has 2 aliphatic rings. The predicted molar refractivity (Wildman–Crippen MR) is 68.7 cm³/mol. The first-order chi connectivity index (χ1) is 8.15. The highest BCUT2D eigenvalue weighted by Gasteiger charge is 2.39. The van der Waals surface area contributed by atoms with Crippen molar-refractivity contribution in [3.63, 3.8) is 0 Å². The average Bonchev–Trinajstić information content (AvgIpc) is 2.96. The Morgan fingerprint density at radius 1 is 1.41 bits per heavy atom. The summed E-state index contributed by atoms with van der Waals surface area (Å²) in [6.45, 7) is 4.43. The van der Waals surface area contributed by atoms with E-state index in [0.717, 1.165) is 17.9 Å². The zero-order valence-electron chi connectivity index (χ0n) is 11.1. The van der Waals surface area contributed by atoms with Crippen LogP contribution in [0.4, 0.5) is 0 Å². The first-order valence-corrected chi connectivity index (χ1v) is 6.89. The molecule has 2 fully saturated rings. The van der Waals surface area contributed by atoms with E-state index in [4.69, 9.17) is 0 Å². The van der Waals surface area contributed by atoms with E-state index in [2.05, 4.69) is 24.3 Å². The molecule has 3 nitrogen and oxygen atoms in total. The number of aryl methyl sites for hydroxylation is 1. The van der Waals surface area contributed by atoms with E-state index in [1.54, 1.807) is 0 Å². The number of hydrogen-bond acceptors (Lipinski definition) is 2. The molecule has 0 radical (unpaired) electrons. The summed E-state index contributed by atoms with van der Waals surface area (Å²) in [5.74, 6) is 1.96. The molecule has 2 saturated carbocycles. The van der Waals surface area contributed by atoms with Crippen molar-refractivity contribution in [3.05, 3.63) is 17.5 Å². The van der Waals surface area contributed by atoms with E-state index >= 15 is 0 Å². The molecule has 0 aliphatic heterocycles. The lowest BCUT2D eigenvalue weighted by atomic mass is 9.94. The van der Waals surface area contributed by atoms with Crippen molar-refractivity contribution in [1.82, 2.24) is 15.1 Å². The summed E-state index contributed by atoms with van der Waals surface area (Å²) in [6.07, 6.45) is 7.80. The van der Waals surface area contributed by atoms with Gasteiger partial charge in [-0.25, -0.2) is 0 Å². The Kier molecular flexibility index (Phi) is 2.74. The number of nitrogens with one attached hydrogen (secondary N) is 1. The first kappa shape index (κ1) is 11.3. The minimum absolute atomic E-state index is 0.438. The average molecular weight is 233 g/mol. The summed E-state index contributed by atoms with van der Waals surface area (Å²) >= 11 is 0. The minimum atomic E-state index is 0.438. The number of hydrogen-bond donors (Lipinski definition) is 1. The van der Waals surface area contributed by atoms with E-state index in [1.807, 2.05) is 17.9 Å². The van der Waals surface area contributed by atoms with Gasteiger partial charge in [0, 0.05) is 30.4 Å². The van der Waals surface area contributed by atoms with Gasteiger partial charge < -0.3 is 5.32 Å². The molecule has 17 heavy (non-hydrogen) atoms. The highest BCUT2D eigenvalue weighted by molar-refractivity contribution is 5.20. The van der Waals surface area contributed by atoms with Crippen molar-refractivity contribution in [2.75, 3.05) is 0 Å². The fourth-order valence-electron chi connectivity index (χ4n) is 3.80. The molecule has 0 amide bonds. The molecule has 1 heterocycles. The first-order valence-electron chi connectivity index (χ1n) is 6.89. The van der Waals surface area contributed by atoms with Crippen LogP contribution < -0.4 is 5.32 Å². The maximum Gasteiger partial charge on any atom is 0.0540 e. The van der Waals surface area contributed by atoms with Crippen LogP contribution in [0.2, 0.25) is 0 Å². The van der Waals surface area contributed by atoms with Gasteiger partial charge in [-0.3, -0.25) is 4.68 Å². The Morgan fingerprint density at radius 2 is 2.24 bits per heavy atom. The number of rotatable bonds is 3. The van der Waals surface area contributed by atoms with Gasteiger partial charge in [0.1, 0.15) is 0 Å². The lowest BCUT2D eigenvalue weighted by molar-refractivity contribution is 0.326. The van der Waals surface area contributed by atoms with Crippen molar-refractivity contribution in [1.29, 1.82) is 0 Å². The lowest BCUT2D eigenvalue weighted by Crippen LogP contribution is -2.35. The molecule has 3 rings (SSSR count). The van der Waals surface area contributed by atoms with E-state index in [0.29, 0.717) is 6.04 Å². The molecule has 0 saturated heterocycles. The van der Waals surface area contributed by atoms with Crippen LogP contribution in [-0.2, 0) is 7.05 Å². The Hall–Kier alpha value is -0.830. The van der Waals surface area contributed by atoms with Crippen molar-refractivity contribution in [2.45, 2.75) is 51.6 Å². The van der Waals surface area contributed by atoms with E-state index < -0.39 is 0 Å². The topological polar surface area (TPSA) is 29.9 Å². The molecule has 2 aliphatic carbocycles. The Morgan fingerprint density at radius 3 is 2.76 bits per heavy atom. The maximum atomic E-state index is 4.34. The molecular formula is C14H23N3. The smallest absolute Gasteiger partial charge is 0.0540 e. The molecule has 0 aromatic carbocycles. The van der Waals surface area contributed by atoms with Crippen LogP contribution >= 0.6 is 0 Å². The molecule has 4 unspecified atom stereocenters. The molecule has 1 aromatic rings. The van der Waals surface area contributed by atoms with Gasteiger partial charge in [-0.15, -0.1) is 0 Å². The second kappa shape index (κ2) is 4.13. The summed E-state index contributed by atoms with van der Waals surface area (Å²) in [4.78, 5) is 0. The monoisotopic (exact) mass is 233 g/mol. The van der Waals surface area contributed by atoms with Gasteiger partial charge in [-0.1, -0.05) is 6.42 Å². The van der Waals surface area contributed by atoms with E-state index in [1.165, 1.54) is 36.9 Å². The van der Waals surface area contributed by atoms with Gasteiger partial charge in [0.05, 0.1) is 6.20 Å². The molecule has 0 spiro atoms. The van der Waals surface area contributed by atoms with E-state index in [9.17, 15) is 0 Å². The van der Waals surface area contributed by atoms with Gasteiger partial charge in [0.15, 0.2) is 0 Å². The fraction of sp³-hybridized carbons (Fsp3) is 0.786. The summed E-state index contributed by atoms with van der Waals surface area (Å²) in [5.41, 5.74) is 2.64. The normalized spacial score (nSPS) is 33.2. The third-order valence-corrected chi connectivity index (χ3v) is 4.94. The van der Waals surface area contributed by atoms with Crippen molar-refractivity contribution in [3.8, 4) is 0 Å². The van der Waals surface area contributed by atoms with Gasteiger partial charge in [0.2, 0.25) is 0 Å². The fourth-order valence-corrected chi connectivity index (χ4v) is 3.80. The Bertz CT molecular complexity index is 410. The number of fused-ring (bicyclic) bond motifs is 2. The van der Waals surface area contributed by atoms with Crippen molar-refractivity contribution >= 4 is 0 Å². The second-order valence-electron chi connectivity index (χ2n) is 5.98. The van der Waals surface area contributed by atoms with Crippen molar-refractivity contribution in [2.24, 2.45) is 18.9 Å². The molecule has 4 atom stereocenters. The van der Waals surface area contributed by atoms with Crippen LogP contribution in [0.1, 0.15) is 49.9 Å². The Balaban J connectivity index is 1.67. The zero-order chi connectivity index (χ0) is 12.0. The predicted octanol–water partition coefficient (Wildman–Crippen LogP) is 2.57. The van der Waals surface area contributed by atoms with Gasteiger partial charge in [-0.2, -0.15) is 5.10 Å². The largest absolute Gasteiger partial charge is 0.307 e. The molecular weight excluding hydrogens is 210 g/mol. The molecule has 2 bridgehead atoms. The van der Waals surface area contributed by atoms with E-state index in [-0.39, 0.29) is 0 Å². The highest BCUT2D eigenvalue weighted by atomic mass is 15.3. The quantitative estimate of drug-likeness (QED) is 0.869. The third-order valence-electron chi connectivity index (χ3n) is 4.94. The van der Waals surface area contributed by atoms with Crippen LogP contribution in [0.15, 0.2) is 6.20 Å². The minimum Gasteiger partial charge on any atom is -0.307 e. The molecule has 1 N–H and O–H groups in total. The zero-order valence-corrected chi connectivity index (χ0v) is 11.1.